The molecular formula is C12H10F3N5O2S. The molecule has 0 saturated heterocycles. The summed E-state index contributed by atoms with van der Waals surface area (Å²) in [5.41, 5.74) is -1.39. The number of fused-ring (bicyclic) bond motifs is 1. The van der Waals surface area contributed by atoms with Crippen LogP contribution in [0.1, 0.15) is 5.69 Å². The van der Waals surface area contributed by atoms with Crippen molar-refractivity contribution in [3.8, 4) is 0 Å². The van der Waals surface area contributed by atoms with Crippen LogP contribution < -0.4 is 4.72 Å². The van der Waals surface area contributed by atoms with Gasteiger partial charge in [0.05, 0.1) is 11.9 Å². The van der Waals surface area contributed by atoms with E-state index in [1.807, 2.05) is 4.72 Å². The second-order valence-corrected chi connectivity index (χ2v) is 6.45. The highest BCUT2D eigenvalue weighted by Crippen LogP contribution is 2.33. The zero-order valence-electron chi connectivity index (χ0n) is 11.6. The Bertz CT molecular complexity index is 974. The molecule has 0 radical (unpaired) electrons. The lowest BCUT2D eigenvalue weighted by Crippen LogP contribution is -2.16. The summed E-state index contributed by atoms with van der Waals surface area (Å²) in [7, 11) is -2.49. The summed E-state index contributed by atoms with van der Waals surface area (Å²) in [5, 5.41) is 5.51. The number of nitrogens with zero attached hydrogens (tertiary/aromatic N) is 3. The molecule has 7 nitrogen and oxygen atoms in total. The molecule has 0 aliphatic carbocycles. The van der Waals surface area contributed by atoms with Crippen LogP contribution in [-0.4, -0.2) is 28.2 Å². The van der Waals surface area contributed by atoms with Crippen LogP contribution in [0.4, 0.5) is 18.9 Å². The minimum absolute atomic E-state index is 0.245. The van der Waals surface area contributed by atoms with E-state index in [0.717, 1.165) is 12.4 Å². The fraction of sp³-hybridized carbons (Fsp3) is 0.167. The molecule has 0 saturated carbocycles. The summed E-state index contributed by atoms with van der Waals surface area (Å²) in [6.07, 6.45) is -1.22. The largest absolute Gasteiger partial charge is 0.434 e. The van der Waals surface area contributed by atoms with Gasteiger partial charge >= 0.3 is 6.18 Å². The van der Waals surface area contributed by atoms with E-state index >= 15 is 0 Å². The first-order chi connectivity index (χ1) is 10.7. The van der Waals surface area contributed by atoms with Crippen LogP contribution in [0, 0.1) is 0 Å². The predicted molar refractivity (Wildman–Crippen MR) is 75.1 cm³/mol. The second-order valence-electron chi connectivity index (χ2n) is 4.77. The number of aryl methyl sites for hydroxylation is 1. The molecule has 0 aliphatic rings. The van der Waals surface area contributed by atoms with Gasteiger partial charge in [0.25, 0.3) is 10.0 Å². The summed E-state index contributed by atoms with van der Waals surface area (Å²) in [6, 6.07) is 2.98. The van der Waals surface area contributed by atoms with Crippen LogP contribution in [0.2, 0.25) is 0 Å². The van der Waals surface area contributed by atoms with E-state index in [4.69, 9.17) is 0 Å². The summed E-state index contributed by atoms with van der Waals surface area (Å²) in [5.74, 6) is 0. The molecule has 2 N–H and O–H groups in total. The third-order valence-corrected chi connectivity index (χ3v) is 4.49. The molecule has 0 spiro atoms. The summed E-state index contributed by atoms with van der Waals surface area (Å²) in [4.78, 5) is 3.76. The fourth-order valence-corrected chi connectivity index (χ4v) is 3.10. The number of nitrogens with one attached hydrogen (secondary N) is 2. The molecule has 0 fully saturated rings. The number of hydrogen-bond acceptors (Lipinski definition) is 4. The highest BCUT2D eigenvalue weighted by atomic mass is 32.2. The number of alkyl halides is 3. The molecule has 0 aliphatic heterocycles. The van der Waals surface area contributed by atoms with Gasteiger partial charge in [-0.15, -0.1) is 0 Å². The summed E-state index contributed by atoms with van der Waals surface area (Å²) in [6.45, 7) is 0. The first kappa shape index (κ1) is 15.3. The van der Waals surface area contributed by atoms with Crippen LogP contribution in [0.25, 0.3) is 11.0 Å². The summed E-state index contributed by atoms with van der Waals surface area (Å²) >= 11 is 0. The van der Waals surface area contributed by atoms with Crippen molar-refractivity contribution in [2.24, 2.45) is 7.05 Å². The van der Waals surface area contributed by atoms with E-state index in [0.29, 0.717) is 11.0 Å². The number of H-pyrrole nitrogens is 1. The zero-order chi connectivity index (χ0) is 16.8. The van der Waals surface area contributed by atoms with Crippen molar-refractivity contribution in [2.45, 2.75) is 11.1 Å². The molecule has 3 rings (SSSR count). The molecule has 122 valence electrons. The van der Waals surface area contributed by atoms with E-state index in [1.165, 1.54) is 6.07 Å². The predicted octanol–water partition coefficient (Wildman–Crippen LogP) is 2.12. The molecule has 3 aromatic rings. The number of pyridine rings is 1. The van der Waals surface area contributed by atoms with Crippen LogP contribution in [-0.2, 0) is 23.2 Å². The molecule has 3 heterocycles. The quantitative estimate of drug-likeness (QED) is 0.760. The van der Waals surface area contributed by atoms with Crippen molar-refractivity contribution >= 4 is 26.7 Å². The molecule has 0 aromatic carbocycles. The maximum absolute atomic E-state index is 12.7. The second kappa shape index (κ2) is 4.98. The smallest absolute Gasteiger partial charge is 0.336 e. The number of hydrogen-bond donors (Lipinski definition) is 2. The van der Waals surface area contributed by atoms with Crippen molar-refractivity contribution in [3.63, 3.8) is 0 Å². The average Bonchev–Trinajstić information content (AvgIpc) is 3.05. The third-order valence-electron chi connectivity index (χ3n) is 3.16. The van der Waals surface area contributed by atoms with Crippen LogP contribution in [0.5, 0.6) is 0 Å². The van der Waals surface area contributed by atoms with Gasteiger partial charge in [-0.2, -0.15) is 18.3 Å². The third kappa shape index (κ3) is 2.74. The minimum atomic E-state index is -4.75. The van der Waals surface area contributed by atoms with Gasteiger partial charge in [-0.1, -0.05) is 0 Å². The Hall–Kier alpha value is -2.56. The lowest BCUT2D eigenvalue weighted by Gasteiger charge is -2.10. The van der Waals surface area contributed by atoms with Crippen LogP contribution >= 0.6 is 0 Å². The normalized spacial score (nSPS) is 12.7. The maximum Gasteiger partial charge on any atom is 0.434 e. The highest BCUT2D eigenvalue weighted by molar-refractivity contribution is 7.92. The van der Waals surface area contributed by atoms with Crippen molar-refractivity contribution in [3.05, 3.63) is 36.4 Å². The SMILES string of the molecule is Cn1ccc2cc(S(=O)(=O)Nc3cn[nH]c3C(F)(F)F)cnc21. The van der Waals surface area contributed by atoms with Crippen molar-refractivity contribution in [1.29, 1.82) is 0 Å². The lowest BCUT2D eigenvalue weighted by atomic mass is 10.3. The van der Waals surface area contributed by atoms with Crippen LogP contribution in [0.15, 0.2) is 35.6 Å². The molecule has 23 heavy (non-hydrogen) atoms. The van der Waals surface area contributed by atoms with Gasteiger partial charge in [0.1, 0.15) is 10.5 Å². The van der Waals surface area contributed by atoms with Gasteiger partial charge in [0.15, 0.2) is 5.69 Å². The topological polar surface area (TPSA) is 92.7 Å². The molecule has 3 aromatic heterocycles. The van der Waals surface area contributed by atoms with E-state index in [-0.39, 0.29) is 4.90 Å². The zero-order valence-corrected chi connectivity index (χ0v) is 12.4. The van der Waals surface area contributed by atoms with Crippen LogP contribution in [0.3, 0.4) is 0 Å². The van der Waals surface area contributed by atoms with Gasteiger partial charge in [-0.3, -0.25) is 9.82 Å². The maximum atomic E-state index is 12.7. The average molecular weight is 345 g/mol. The summed E-state index contributed by atoms with van der Waals surface area (Å²) < 4.78 is 66.3. The van der Waals surface area contributed by atoms with E-state index in [9.17, 15) is 21.6 Å². The standard InChI is InChI=1S/C12H10F3N5O2S/c1-20-3-2-7-4-8(5-16-11(7)20)23(21,22)19-9-6-17-18-10(9)12(13,14)15/h2-6,19H,1H3,(H,17,18). The molecule has 0 atom stereocenters. The number of rotatable bonds is 3. The number of halogens is 3. The Kier molecular flexibility index (Phi) is 3.32. The van der Waals surface area contributed by atoms with Crippen molar-refractivity contribution in [2.75, 3.05) is 4.72 Å². The molecule has 0 bridgehead atoms. The number of aromatic nitrogens is 4. The van der Waals surface area contributed by atoms with Gasteiger partial charge in [-0.25, -0.2) is 13.4 Å². The van der Waals surface area contributed by atoms with E-state index < -0.39 is 27.6 Å². The fourth-order valence-electron chi connectivity index (χ4n) is 2.06. The van der Waals surface area contributed by atoms with Gasteiger partial charge in [0.2, 0.25) is 0 Å². The Morgan fingerprint density at radius 2 is 2.04 bits per heavy atom. The molecular weight excluding hydrogens is 335 g/mol. The van der Waals surface area contributed by atoms with Crippen molar-refractivity contribution in [1.82, 2.24) is 19.7 Å². The van der Waals surface area contributed by atoms with Crippen molar-refractivity contribution < 1.29 is 21.6 Å². The van der Waals surface area contributed by atoms with Gasteiger partial charge in [-0.05, 0) is 12.1 Å². The van der Waals surface area contributed by atoms with E-state index in [1.54, 1.807) is 29.0 Å². The number of aromatic amines is 1. The number of sulfonamides is 1. The van der Waals surface area contributed by atoms with Gasteiger partial charge < -0.3 is 4.57 Å². The molecule has 0 unspecified atom stereocenters. The molecule has 0 amide bonds. The van der Waals surface area contributed by atoms with Gasteiger partial charge in [0, 0.05) is 24.8 Å². The Labute approximate surface area is 128 Å². The highest BCUT2D eigenvalue weighted by Gasteiger charge is 2.37. The number of anilines is 1. The minimum Gasteiger partial charge on any atom is -0.336 e. The Morgan fingerprint density at radius 1 is 1.30 bits per heavy atom. The monoisotopic (exact) mass is 345 g/mol. The lowest BCUT2D eigenvalue weighted by molar-refractivity contribution is -0.140. The first-order valence-corrected chi connectivity index (χ1v) is 7.71. The Morgan fingerprint density at radius 3 is 2.74 bits per heavy atom. The molecule has 11 heteroatoms. The first-order valence-electron chi connectivity index (χ1n) is 6.23. The Balaban J connectivity index is 1.99. The van der Waals surface area contributed by atoms with E-state index in [2.05, 4.69) is 10.1 Å².